The molecule has 0 fully saturated rings. The Bertz CT molecular complexity index is 820. The van der Waals surface area contributed by atoms with Crippen molar-refractivity contribution in [3.63, 3.8) is 0 Å². The van der Waals surface area contributed by atoms with Gasteiger partial charge in [0.25, 0.3) is 0 Å². The van der Waals surface area contributed by atoms with Crippen molar-refractivity contribution in [2.75, 3.05) is 26.0 Å². The summed E-state index contributed by atoms with van der Waals surface area (Å²) in [7, 11) is 3.26. The Labute approximate surface area is 157 Å². The largest absolute Gasteiger partial charge is 0.497 e. The first kappa shape index (κ1) is 18.3. The summed E-state index contributed by atoms with van der Waals surface area (Å²) in [6, 6.07) is 13.4. The third kappa shape index (κ3) is 4.19. The second-order valence-corrected chi connectivity index (χ2v) is 7.64. The summed E-state index contributed by atoms with van der Waals surface area (Å²) in [4.78, 5) is 27.6. The van der Waals surface area contributed by atoms with Crippen molar-refractivity contribution in [1.29, 1.82) is 0 Å². The Kier molecular flexibility index (Phi) is 5.52. The van der Waals surface area contributed by atoms with E-state index in [-0.39, 0.29) is 23.6 Å². The molecule has 2 aromatic rings. The smallest absolute Gasteiger partial charge is 0.243 e. The van der Waals surface area contributed by atoms with Gasteiger partial charge in [0.2, 0.25) is 11.8 Å². The van der Waals surface area contributed by atoms with Gasteiger partial charge in [-0.2, -0.15) is 0 Å². The number of nitrogens with zero attached hydrogens (tertiary/aromatic N) is 1. The van der Waals surface area contributed by atoms with Crippen molar-refractivity contribution in [3.05, 3.63) is 53.6 Å². The van der Waals surface area contributed by atoms with E-state index in [1.54, 1.807) is 50.2 Å². The van der Waals surface area contributed by atoms with Gasteiger partial charge in [-0.05, 0) is 49.2 Å². The second kappa shape index (κ2) is 7.83. The summed E-state index contributed by atoms with van der Waals surface area (Å²) in [5, 5.41) is 2.64. The van der Waals surface area contributed by atoms with Gasteiger partial charge in [-0.3, -0.25) is 9.59 Å². The molecule has 0 spiro atoms. The van der Waals surface area contributed by atoms with Crippen LogP contribution < -0.4 is 10.1 Å². The molecule has 0 aliphatic carbocycles. The first-order valence-electron chi connectivity index (χ1n) is 8.41. The first-order chi connectivity index (χ1) is 12.5. The van der Waals surface area contributed by atoms with Crippen LogP contribution in [0.4, 0.5) is 5.69 Å². The molecule has 5 nitrogen and oxygen atoms in total. The molecule has 3 rings (SSSR count). The van der Waals surface area contributed by atoms with Gasteiger partial charge in [-0.15, -0.1) is 11.8 Å². The number of nitrogens with one attached hydrogen (secondary N) is 1. The summed E-state index contributed by atoms with van der Waals surface area (Å²) >= 11 is 1.59. The maximum Gasteiger partial charge on any atom is 0.243 e. The van der Waals surface area contributed by atoms with Crippen LogP contribution in [-0.2, 0) is 16.0 Å². The summed E-state index contributed by atoms with van der Waals surface area (Å²) in [6.45, 7) is 2.07. The number of anilines is 1. The number of hydrogen-bond acceptors (Lipinski definition) is 4. The number of methoxy groups -OCH3 is 1. The van der Waals surface area contributed by atoms with Gasteiger partial charge in [-0.25, -0.2) is 0 Å². The Morgan fingerprint density at radius 1 is 1.23 bits per heavy atom. The maximum absolute atomic E-state index is 12.7. The number of benzene rings is 2. The molecule has 136 valence electrons. The van der Waals surface area contributed by atoms with Crippen LogP contribution in [0, 0.1) is 6.92 Å². The third-order valence-corrected chi connectivity index (χ3v) is 5.59. The summed E-state index contributed by atoms with van der Waals surface area (Å²) < 4.78 is 5.09. The number of ether oxygens (including phenoxy) is 1. The molecule has 1 aliphatic heterocycles. The lowest BCUT2D eigenvalue weighted by Gasteiger charge is -2.20. The minimum atomic E-state index is -0.220. The molecule has 1 heterocycles. The molecule has 0 saturated carbocycles. The van der Waals surface area contributed by atoms with E-state index in [2.05, 4.69) is 23.5 Å². The molecular weight excluding hydrogens is 348 g/mol. The van der Waals surface area contributed by atoms with Crippen molar-refractivity contribution < 1.29 is 14.3 Å². The SMILES string of the molecule is COc1ccc(NC(=O)CN(C)C(=O)[C@H]2Cc3ccc(C)cc3S2)cc1. The highest BCUT2D eigenvalue weighted by Gasteiger charge is 2.30. The zero-order valence-corrected chi connectivity index (χ0v) is 15.9. The van der Waals surface area contributed by atoms with Gasteiger partial charge in [0.05, 0.1) is 18.9 Å². The highest BCUT2D eigenvalue weighted by molar-refractivity contribution is 8.01. The van der Waals surface area contributed by atoms with E-state index < -0.39 is 0 Å². The van der Waals surface area contributed by atoms with Crippen molar-refractivity contribution in [3.8, 4) is 5.75 Å². The van der Waals surface area contributed by atoms with Gasteiger partial charge in [0, 0.05) is 17.6 Å². The third-order valence-electron chi connectivity index (χ3n) is 4.30. The molecule has 0 aromatic heterocycles. The van der Waals surface area contributed by atoms with Gasteiger partial charge in [-0.1, -0.05) is 17.7 Å². The van der Waals surface area contributed by atoms with Crippen molar-refractivity contribution in [1.82, 2.24) is 4.90 Å². The summed E-state index contributed by atoms with van der Waals surface area (Å²) in [5.74, 6) is 0.486. The average molecular weight is 370 g/mol. The van der Waals surface area contributed by atoms with Gasteiger partial charge in [0.1, 0.15) is 5.75 Å². The molecule has 2 aromatic carbocycles. The fourth-order valence-electron chi connectivity index (χ4n) is 2.89. The lowest BCUT2D eigenvalue weighted by molar-refractivity contribution is -0.132. The Morgan fingerprint density at radius 2 is 1.96 bits per heavy atom. The number of likely N-dealkylation sites (N-methyl/N-ethyl adjacent to an activating group) is 1. The standard InChI is InChI=1S/C20H22N2O3S/c1-13-4-5-14-11-18(26-17(14)10-13)20(24)22(2)12-19(23)21-15-6-8-16(25-3)9-7-15/h4-10,18H,11-12H2,1-3H3,(H,21,23)/t18-/m1/s1. The van der Waals surface area contributed by atoms with E-state index in [1.807, 2.05) is 6.92 Å². The lowest BCUT2D eigenvalue weighted by atomic mass is 10.1. The second-order valence-electron chi connectivity index (χ2n) is 6.39. The van der Waals surface area contributed by atoms with Gasteiger partial charge < -0.3 is 15.0 Å². The molecule has 1 N–H and O–H groups in total. The predicted octanol–water partition coefficient (Wildman–Crippen LogP) is 3.12. The maximum atomic E-state index is 12.7. The van der Waals surface area contributed by atoms with Crippen LogP contribution in [-0.4, -0.2) is 42.7 Å². The first-order valence-corrected chi connectivity index (χ1v) is 9.29. The van der Waals surface area contributed by atoms with Crippen molar-refractivity contribution >= 4 is 29.3 Å². The monoisotopic (exact) mass is 370 g/mol. The minimum absolute atomic E-state index is 0.0197. The molecule has 0 unspecified atom stereocenters. The number of amides is 2. The molecule has 26 heavy (non-hydrogen) atoms. The summed E-state index contributed by atoms with van der Waals surface area (Å²) in [6.07, 6.45) is 0.712. The van der Waals surface area contributed by atoms with Crippen LogP contribution in [0.15, 0.2) is 47.4 Å². The molecule has 6 heteroatoms. The van der Waals surface area contributed by atoms with E-state index >= 15 is 0 Å². The fourth-order valence-corrected chi connectivity index (χ4v) is 4.29. The average Bonchev–Trinajstić information content (AvgIpc) is 3.04. The van der Waals surface area contributed by atoms with E-state index in [9.17, 15) is 9.59 Å². The lowest BCUT2D eigenvalue weighted by Crippen LogP contribution is -2.39. The van der Waals surface area contributed by atoms with Crippen LogP contribution in [0.2, 0.25) is 0 Å². The molecular formula is C20H22N2O3S. The number of carbonyl (C=O) groups is 2. The topological polar surface area (TPSA) is 58.6 Å². The Hall–Kier alpha value is -2.47. The van der Waals surface area contributed by atoms with Gasteiger partial charge in [0.15, 0.2) is 0 Å². The van der Waals surface area contributed by atoms with E-state index in [0.29, 0.717) is 12.1 Å². The zero-order chi connectivity index (χ0) is 18.7. The molecule has 0 bridgehead atoms. The van der Waals surface area contributed by atoms with Crippen LogP contribution in [0.1, 0.15) is 11.1 Å². The number of hydrogen-bond donors (Lipinski definition) is 1. The van der Waals surface area contributed by atoms with E-state index in [4.69, 9.17) is 4.74 Å². The van der Waals surface area contributed by atoms with Gasteiger partial charge >= 0.3 is 0 Å². The number of rotatable bonds is 5. The van der Waals surface area contributed by atoms with Crippen LogP contribution in [0.25, 0.3) is 0 Å². The molecule has 1 atom stereocenters. The number of aryl methyl sites for hydroxylation is 1. The highest BCUT2D eigenvalue weighted by Crippen LogP contribution is 2.38. The fraction of sp³-hybridized carbons (Fsp3) is 0.300. The van der Waals surface area contributed by atoms with Crippen molar-refractivity contribution in [2.45, 2.75) is 23.5 Å². The molecule has 2 amide bonds. The highest BCUT2D eigenvalue weighted by atomic mass is 32.2. The van der Waals surface area contributed by atoms with E-state index in [1.165, 1.54) is 20.9 Å². The molecule has 1 aliphatic rings. The van der Waals surface area contributed by atoms with E-state index in [0.717, 1.165) is 5.75 Å². The Morgan fingerprint density at radius 3 is 2.65 bits per heavy atom. The van der Waals surface area contributed by atoms with Crippen LogP contribution >= 0.6 is 11.8 Å². The minimum Gasteiger partial charge on any atom is -0.497 e. The number of thioether (sulfide) groups is 1. The van der Waals surface area contributed by atoms with Crippen LogP contribution in [0.3, 0.4) is 0 Å². The zero-order valence-electron chi connectivity index (χ0n) is 15.1. The normalized spacial score (nSPS) is 15.3. The Balaban J connectivity index is 1.55. The number of fused-ring (bicyclic) bond motifs is 1. The quantitative estimate of drug-likeness (QED) is 0.879. The molecule has 0 saturated heterocycles. The van der Waals surface area contributed by atoms with Crippen LogP contribution in [0.5, 0.6) is 5.75 Å². The predicted molar refractivity (Wildman–Crippen MR) is 104 cm³/mol. The number of carbonyl (C=O) groups excluding carboxylic acids is 2. The summed E-state index contributed by atoms with van der Waals surface area (Å²) in [5.41, 5.74) is 3.07. The molecule has 0 radical (unpaired) electrons. The van der Waals surface area contributed by atoms with Crippen molar-refractivity contribution in [2.24, 2.45) is 0 Å².